The number of esters is 1. The molecule has 1 N–H and O–H groups in total. The number of hydrogen-bond donors (Lipinski definition) is 1. The third-order valence-electron chi connectivity index (χ3n) is 4.69. The molecule has 2 rings (SSSR count). The van der Waals surface area contributed by atoms with Gasteiger partial charge < -0.3 is 24.3 Å². The summed E-state index contributed by atoms with van der Waals surface area (Å²) in [7, 11) is 1.24. The number of carbonyl (C=O) groups is 3. The highest BCUT2D eigenvalue weighted by molar-refractivity contribution is 5.91. The second-order valence-corrected chi connectivity index (χ2v) is 8.14. The SMILES string of the molecule is COC(=O)[C@@H](CCC(=O)C=C1CCC2(CC1)OCCO2)NC(=O)OC(C)(C)C. The number of alkyl carbamates (subject to hydrolysis) is 1. The second kappa shape index (κ2) is 9.52. The van der Waals surface area contributed by atoms with Crippen molar-refractivity contribution in [1.82, 2.24) is 5.32 Å². The van der Waals surface area contributed by atoms with Crippen molar-refractivity contribution in [2.75, 3.05) is 20.3 Å². The summed E-state index contributed by atoms with van der Waals surface area (Å²) in [5.74, 6) is -1.16. The maximum Gasteiger partial charge on any atom is 0.408 e. The first-order chi connectivity index (χ1) is 13.1. The van der Waals surface area contributed by atoms with Crippen molar-refractivity contribution in [2.45, 2.75) is 76.7 Å². The molecule has 0 unspecified atom stereocenters. The number of ether oxygens (including phenoxy) is 4. The van der Waals surface area contributed by atoms with Gasteiger partial charge in [-0.3, -0.25) is 4.79 Å². The zero-order chi connectivity index (χ0) is 20.8. The standard InChI is InChI=1S/C20H31NO7/c1-19(2,3)28-18(24)21-16(17(23)25-4)6-5-15(22)13-14-7-9-20(10-8-14)26-11-12-27-20/h13,16H,5-12H2,1-4H3,(H,21,24)/t16-/m1/s1. The Kier molecular flexibility index (Phi) is 7.60. The zero-order valence-corrected chi connectivity index (χ0v) is 17.2. The van der Waals surface area contributed by atoms with Crippen molar-refractivity contribution in [3.05, 3.63) is 11.6 Å². The van der Waals surface area contributed by atoms with Crippen LogP contribution in [-0.2, 0) is 28.5 Å². The summed E-state index contributed by atoms with van der Waals surface area (Å²) in [5.41, 5.74) is 0.375. The summed E-state index contributed by atoms with van der Waals surface area (Å²) in [6.07, 6.45) is 4.19. The Morgan fingerprint density at radius 3 is 2.32 bits per heavy atom. The van der Waals surface area contributed by atoms with Crippen molar-refractivity contribution in [2.24, 2.45) is 0 Å². The summed E-state index contributed by atoms with van der Waals surface area (Å²) < 4.78 is 21.2. The molecule has 0 aromatic rings. The van der Waals surface area contributed by atoms with E-state index in [1.54, 1.807) is 26.8 Å². The maximum absolute atomic E-state index is 12.3. The fourth-order valence-electron chi connectivity index (χ4n) is 3.31. The molecular formula is C20H31NO7. The van der Waals surface area contributed by atoms with Crippen LogP contribution in [0.25, 0.3) is 0 Å². The van der Waals surface area contributed by atoms with Crippen molar-refractivity contribution < 1.29 is 33.3 Å². The number of amides is 1. The van der Waals surface area contributed by atoms with E-state index >= 15 is 0 Å². The largest absolute Gasteiger partial charge is 0.467 e. The number of methoxy groups -OCH3 is 1. The number of allylic oxidation sites excluding steroid dienone is 2. The van der Waals surface area contributed by atoms with Gasteiger partial charge in [-0.05, 0) is 46.1 Å². The molecule has 1 atom stereocenters. The Hall–Kier alpha value is -1.93. The Morgan fingerprint density at radius 2 is 1.79 bits per heavy atom. The number of rotatable bonds is 6. The Bertz CT molecular complexity index is 603. The molecule has 0 radical (unpaired) electrons. The van der Waals surface area contributed by atoms with Gasteiger partial charge in [-0.2, -0.15) is 0 Å². The van der Waals surface area contributed by atoms with Crippen LogP contribution in [0.1, 0.15) is 59.3 Å². The fourth-order valence-corrected chi connectivity index (χ4v) is 3.31. The van der Waals surface area contributed by atoms with Gasteiger partial charge >= 0.3 is 12.1 Å². The van der Waals surface area contributed by atoms with Gasteiger partial charge in [0.1, 0.15) is 11.6 Å². The quantitative estimate of drug-likeness (QED) is 0.543. The van der Waals surface area contributed by atoms with Gasteiger partial charge in [0.15, 0.2) is 11.6 Å². The van der Waals surface area contributed by atoms with E-state index in [1.165, 1.54) is 7.11 Å². The maximum atomic E-state index is 12.3. The van der Waals surface area contributed by atoms with Crippen molar-refractivity contribution in [3.8, 4) is 0 Å². The van der Waals surface area contributed by atoms with Crippen LogP contribution in [0.2, 0.25) is 0 Å². The molecule has 2 fully saturated rings. The molecule has 1 aliphatic carbocycles. The predicted molar refractivity (Wildman–Crippen MR) is 101 cm³/mol. The monoisotopic (exact) mass is 397 g/mol. The van der Waals surface area contributed by atoms with Gasteiger partial charge in [0.05, 0.1) is 20.3 Å². The first kappa shape index (κ1) is 22.4. The number of nitrogens with one attached hydrogen (secondary N) is 1. The van der Waals surface area contributed by atoms with E-state index in [0.717, 1.165) is 31.3 Å². The first-order valence-corrected chi connectivity index (χ1v) is 9.70. The normalized spacial score (nSPS) is 19.8. The topological polar surface area (TPSA) is 100 Å². The van der Waals surface area contributed by atoms with Crippen LogP contribution in [-0.4, -0.2) is 55.6 Å². The molecule has 1 heterocycles. The van der Waals surface area contributed by atoms with E-state index in [1.807, 2.05) is 0 Å². The van der Waals surface area contributed by atoms with Crippen LogP contribution in [0.3, 0.4) is 0 Å². The van der Waals surface area contributed by atoms with Gasteiger partial charge in [-0.15, -0.1) is 0 Å². The van der Waals surface area contributed by atoms with E-state index in [4.69, 9.17) is 18.9 Å². The highest BCUT2D eigenvalue weighted by atomic mass is 16.7. The van der Waals surface area contributed by atoms with Crippen LogP contribution < -0.4 is 5.32 Å². The molecule has 0 bridgehead atoms. The van der Waals surface area contributed by atoms with E-state index in [-0.39, 0.29) is 18.6 Å². The lowest BCUT2D eigenvalue weighted by atomic mass is 9.88. The molecular weight excluding hydrogens is 366 g/mol. The van der Waals surface area contributed by atoms with Crippen LogP contribution in [0.4, 0.5) is 4.79 Å². The molecule has 1 saturated carbocycles. The molecule has 1 amide bonds. The molecule has 28 heavy (non-hydrogen) atoms. The molecule has 0 aromatic carbocycles. The minimum Gasteiger partial charge on any atom is -0.467 e. The van der Waals surface area contributed by atoms with Gasteiger partial charge in [0, 0.05) is 19.3 Å². The lowest BCUT2D eigenvalue weighted by molar-refractivity contribution is -0.171. The Labute approximate surface area is 165 Å². The van der Waals surface area contributed by atoms with Gasteiger partial charge in [-0.1, -0.05) is 5.57 Å². The summed E-state index contributed by atoms with van der Waals surface area (Å²) in [6.45, 7) is 6.43. The summed E-state index contributed by atoms with van der Waals surface area (Å²) >= 11 is 0. The number of hydrogen-bond acceptors (Lipinski definition) is 7. The molecule has 2 aliphatic rings. The lowest BCUT2D eigenvalue weighted by Crippen LogP contribution is -2.44. The highest BCUT2D eigenvalue weighted by Crippen LogP contribution is 2.37. The Balaban J connectivity index is 1.83. The van der Waals surface area contributed by atoms with Gasteiger partial charge in [0.2, 0.25) is 0 Å². The minimum atomic E-state index is -0.933. The smallest absolute Gasteiger partial charge is 0.408 e. The number of carbonyl (C=O) groups excluding carboxylic acids is 3. The molecule has 1 aliphatic heterocycles. The van der Waals surface area contributed by atoms with Crippen LogP contribution >= 0.6 is 0 Å². The Morgan fingerprint density at radius 1 is 1.18 bits per heavy atom. The second-order valence-electron chi connectivity index (χ2n) is 8.14. The molecule has 0 aromatic heterocycles. The van der Waals surface area contributed by atoms with Crippen molar-refractivity contribution in [3.63, 3.8) is 0 Å². The number of ketones is 1. The third kappa shape index (κ3) is 6.91. The predicted octanol–water partition coefficient (Wildman–Crippen LogP) is 2.65. The average Bonchev–Trinajstić information content (AvgIpc) is 3.06. The van der Waals surface area contributed by atoms with E-state index < -0.39 is 29.5 Å². The summed E-state index contributed by atoms with van der Waals surface area (Å²) in [4.78, 5) is 36.1. The third-order valence-corrected chi connectivity index (χ3v) is 4.69. The van der Waals surface area contributed by atoms with E-state index in [0.29, 0.717) is 13.2 Å². The van der Waals surface area contributed by atoms with Crippen LogP contribution in [0.15, 0.2) is 11.6 Å². The minimum absolute atomic E-state index is 0.0842. The molecule has 8 nitrogen and oxygen atoms in total. The lowest BCUT2D eigenvalue weighted by Gasteiger charge is -2.32. The molecule has 158 valence electrons. The molecule has 8 heteroatoms. The van der Waals surface area contributed by atoms with Crippen LogP contribution in [0, 0.1) is 0 Å². The van der Waals surface area contributed by atoms with Gasteiger partial charge in [0.25, 0.3) is 0 Å². The average molecular weight is 397 g/mol. The van der Waals surface area contributed by atoms with E-state index in [9.17, 15) is 14.4 Å². The summed E-state index contributed by atoms with van der Waals surface area (Å²) in [6, 6.07) is -0.933. The zero-order valence-electron chi connectivity index (χ0n) is 17.2. The first-order valence-electron chi connectivity index (χ1n) is 9.70. The van der Waals surface area contributed by atoms with Gasteiger partial charge in [-0.25, -0.2) is 9.59 Å². The van der Waals surface area contributed by atoms with Crippen LogP contribution in [0.5, 0.6) is 0 Å². The van der Waals surface area contributed by atoms with Crippen molar-refractivity contribution in [1.29, 1.82) is 0 Å². The molecule has 1 spiro atoms. The fraction of sp³-hybridized carbons (Fsp3) is 0.750. The van der Waals surface area contributed by atoms with Crippen molar-refractivity contribution >= 4 is 17.8 Å². The summed E-state index contributed by atoms with van der Waals surface area (Å²) in [5, 5.41) is 2.47. The molecule has 1 saturated heterocycles. The highest BCUT2D eigenvalue weighted by Gasteiger charge is 2.38. The van der Waals surface area contributed by atoms with E-state index in [2.05, 4.69) is 5.32 Å².